The molecular formula is C18H15N3O. The molecule has 0 aliphatic heterocycles. The van der Waals surface area contributed by atoms with E-state index < -0.39 is 0 Å². The van der Waals surface area contributed by atoms with Crippen molar-refractivity contribution in [1.82, 2.24) is 10.4 Å². The summed E-state index contributed by atoms with van der Waals surface area (Å²) in [4.78, 5) is 16.2. The van der Waals surface area contributed by atoms with Crippen molar-refractivity contribution in [3.05, 3.63) is 78.1 Å². The van der Waals surface area contributed by atoms with E-state index in [1.807, 2.05) is 55.5 Å². The van der Waals surface area contributed by atoms with Crippen LogP contribution < -0.4 is 5.43 Å². The number of amides is 1. The zero-order chi connectivity index (χ0) is 15.4. The third-order valence-electron chi connectivity index (χ3n) is 3.42. The van der Waals surface area contributed by atoms with E-state index >= 15 is 0 Å². The van der Waals surface area contributed by atoms with Crippen LogP contribution in [-0.2, 0) is 0 Å². The molecule has 4 nitrogen and oxygen atoms in total. The van der Waals surface area contributed by atoms with Crippen LogP contribution in [-0.4, -0.2) is 16.6 Å². The van der Waals surface area contributed by atoms with Crippen LogP contribution >= 0.6 is 0 Å². The summed E-state index contributed by atoms with van der Waals surface area (Å²) in [5.41, 5.74) is 4.75. The molecule has 108 valence electrons. The highest BCUT2D eigenvalue weighted by Crippen LogP contribution is 2.15. The number of aromatic nitrogens is 1. The van der Waals surface area contributed by atoms with E-state index in [0.29, 0.717) is 11.3 Å². The Morgan fingerprint density at radius 3 is 2.59 bits per heavy atom. The van der Waals surface area contributed by atoms with Gasteiger partial charge in [0.2, 0.25) is 0 Å². The van der Waals surface area contributed by atoms with Crippen molar-refractivity contribution in [2.75, 3.05) is 0 Å². The van der Waals surface area contributed by atoms with Crippen LogP contribution in [0, 0.1) is 0 Å². The van der Waals surface area contributed by atoms with Gasteiger partial charge in [0, 0.05) is 23.5 Å². The molecule has 0 saturated heterocycles. The van der Waals surface area contributed by atoms with Gasteiger partial charge in [-0.25, -0.2) is 5.43 Å². The van der Waals surface area contributed by atoms with E-state index in [1.54, 1.807) is 18.5 Å². The first kappa shape index (κ1) is 13.9. The molecule has 3 rings (SSSR count). The first-order chi connectivity index (χ1) is 10.7. The highest BCUT2D eigenvalue weighted by Gasteiger charge is 2.06. The Bertz CT molecular complexity index is 841. The van der Waals surface area contributed by atoms with Crippen molar-refractivity contribution < 1.29 is 4.79 Å². The molecule has 0 radical (unpaired) electrons. The number of hydrogen-bond acceptors (Lipinski definition) is 3. The number of fused-ring (bicyclic) bond motifs is 1. The van der Waals surface area contributed by atoms with Gasteiger partial charge in [-0.2, -0.15) is 5.10 Å². The zero-order valence-corrected chi connectivity index (χ0v) is 12.2. The lowest BCUT2D eigenvalue weighted by Crippen LogP contribution is -2.19. The monoisotopic (exact) mass is 289 g/mol. The Labute approximate surface area is 128 Å². The molecule has 0 saturated carbocycles. The number of hydrogen-bond donors (Lipinski definition) is 1. The molecule has 0 spiro atoms. The molecule has 1 heterocycles. The fourth-order valence-electron chi connectivity index (χ4n) is 2.17. The molecule has 1 N–H and O–H groups in total. The average molecular weight is 289 g/mol. The van der Waals surface area contributed by atoms with Gasteiger partial charge in [-0.1, -0.05) is 36.4 Å². The number of nitrogens with zero attached hydrogens (tertiary/aromatic N) is 2. The molecule has 0 unspecified atom stereocenters. The second-order valence-corrected chi connectivity index (χ2v) is 4.94. The van der Waals surface area contributed by atoms with Crippen molar-refractivity contribution in [3.63, 3.8) is 0 Å². The van der Waals surface area contributed by atoms with E-state index in [1.165, 1.54) is 0 Å². The minimum absolute atomic E-state index is 0.228. The predicted molar refractivity (Wildman–Crippen MR) is 87.9 cm³/mol. The standard InChI is InChI=1S/C18H15N3O/c1-13(17-7-4-10-19-12-17)20-21-18(22)16-9-8-14-5-2-3-6-15(14)11-16/h2-12H,1H3,(H,21,22). The van der Waals surface area contributed by atoms with E-state index in [4.69, 9.17) is 0 Å². The van der Waals surface area contributed by atoms with E-state index in [9.17, 15) is 4.79 Å². The number of benzene rings is 2. The van der Waals surface area contributed by atoms with Crippen LogP contribution in [0.3, 0.4) is 0 Å². The maximum absolute atomic E-state index is 12.2. The topological polar surface area (TPSA) is 54.4 Å². The fraction of sp³-hybridized carbons (Fsp3) is 0.0556. The van der Waals surface area contributed by atoms with E-state index in [0.717, 1.165) is 16.3 Å². The minimum Gasteiger partial charge on any atom is -0.267 e. The van der Waals surface area contributed by atoms with Gasteiger partial charge >= 0.3 is 0 Å². The normalized spacial score (nSPS) is 11.4. The first-order valence-electron chi connectivity index (χ1n) is 6.98. The number of hydrazone groups is 1. The largest absolute Gasteiger partial charge is 0.271 e. The third kappa shape index (κ3) is 3.01. The fourth-order valence-corrected chi connectivity index (χ4v) is 2.17. The van der Waals surface area contributed by atoms with Crippen molar-refractivity contribution in [2.24, 2.45) is 5.10 Å². The number of carbonyl (C=O) groups is 1. The lowest BCUT2D eigenvalue weighted by molar-refractivity contribution is 0.0955. The minimum atomic E-state index is -0.228. The maximum Gasteiger partial charge on any atom is 0.271 e. The molecule has 0 fully saturated rings. The summed E-state index contributed by atoms with van der Waals surface area (Å²) in [6.07, 6.45) is 3.41. The molecule has 0 aliphatic carbocycles. The molecule has 1 aromatic heterocycles. The maximum atomic E-state index is 12.2. The number of carbonyl (C=O) groups excluding carboxylic acids is 1. The van der Waals surface area contributed by atoms with Gasteiger partial charge in [0.1, 0.15) is 0 Å². The lowest BCUT2D eigenvalue weighted by Gasteiger charge is -2.04. The Balaban J connectivity index is 1.78. The van der Waals surface area contributed by atoms with Crippen LogP contribution in [0.5, 0.6) is 0 Å². The summed E-state index contributed by atoms with van der Waals surface area (Å²) in [7, 11) is 0. The van der Waals surface area contributed by atoms with Gasteiger partial charge in [0.05, 0.1) is 5.71 Å². The third-order valence-corrected chi connectivity index (χ3v) is 3.42. The second-order valence-electron chi connectivity index (χ2n) is 4.94. The van der Waals surface area contributed by atoms with E-state index in [2.05, 4.69) is 15.5 Å². The molecule has 0 aliphatic rings. The van der Waals surface area contributed by atoms with Gasteiger partial charge in [-0.3, -0.25) is 9.78 Å². The van der Waals surface area contributed by atoms with Gasteiger partial charge in [-0.15, -0.1) is 0 Å². The van der Waals surface area contributed by atoms with Crippen molar-refractivity contribution in [1.29, 1.82) is 0 Å². The van der Waals surface area contributed by atoms with Gasteiger partial charge in [0.15, 0.2) is 0 Å². The average Bonchev–Trinajstić information content (AvgIpc) is 2.59. The van der Waals surface area contributed by atoms with Crippen LogP contribution in [0.1, 0.15) is 22.8 Å². The number of rotatable bonds is 3. The second kappa shape index (κ2) is 6.18. The van der Waals surface area contributed by atoms with Crippen molar-refractivity contribution in [3.8, 4) is 0 Å². The predicted octanol–water partition coefficient (Wildman–Crippen LogP) is 3.39. The summed E-state index contributed by atoms with van der Waals surface area (Å²) in [5, 5.41) is 6.26. The zero-order valence-electron chi connectivity index (χ0n) is 12.2. The van der Waals surface area contributed by atoms with Crippen molar-refractivity contribution in [2.45, 2.75) is 6.92 Å². The van der Waals surface area contributed by atoms with Gasteiger partial charge < -0.3 is 0 Å². The molecular weight excluding hydrogens is 274 g/mol. The first-order valence-corrected chi connectivity index (χ1v) is 6.98. The highest BCUT2D eigenvalue weighted by molar-refractivity contribution is 6.01. The Hall–Kier alpha value is -3.01. The van der Waals surface area contributed by atoms with E-state index in [-0.39, 0.29) is 5.91 Å². The van der Waals surface area contributed by atoms with Gasteiger partial charge in [-0.05, 0) is 35.9 Å². The lowest BCUT2D eigenvalue weighted by atomic mass is 10.1. The molecule has 1 amide bonds. The smallest absolute Gasteiger partial charge is 0.267 e. The summed E-state index contributed by atoms with van der Waals surface area (Å²) in [6.45, 7) is 1.83. The van der Waals surface area contributed by atoms with Crippen LogP contribution in [0.25, 0.3) is 10.8 Å². The van der Waals surface area contributed by atoms with Crippen molar-refractivity contribution >= 4 is 22.4 Å². The molecule has 3 aromatic rings. The quantitative estimate of drug-likeness (QED) is 0.593. The van der Waals surface area contributed by atoms with Crippen LogP contribution in [0.4, 0.5) is 0 Å². The summed E-state index contributed by atoms with van der Waals surface area (Å²) in [5.74, 6) is -0.228. The molecule has 0 bridgehead atoms. The number of pyridine rings is 1. The highest BCUT2D eigenvalue weighted by atomic mass is 16.2. The number of nitrogens with one attached hydrogen (secondary N) is 1. The molecule has 2 aromatic carbocycles. The summed E-state index contributed by atoms with van der Waals surface area (Å²) < 4.78 is 0. The molecule has 4 heteroatoms. The Kier molecular flexibility index (Phi) is 3.92. The van der Waals surface area contributed by atoms with Crippen LogP contribution in [0.15, 0.2) is 72.1 Å². The van der Waals surface area contributed by atoms with Crippen LogP contribution in [0.2, 0.25) is 0 Å². The van der Waals surface area contributed by atoms with Gasteiger partial charge in [0.25, 0.3) is 5.91 Å². The summed E-state index contributed by atoms with van der Waals surface area (Å²) in [6, 6.07) is 17.2. The molecule has 0 atom stereocenters. The SMILES string of the molecule is CC(=NNC(=O)c1ccc2ccccc2c1)c1cccnc1. The summed E-state index contributed by atoms with van der Waals surface area (Å²) >= 11 is 0. The Morgan fingerprint density at radius 2 is 1.82 bits per heavy atom. The Morgan fingerprint density at radius 1 is 1.00 bits per heavy atom. The molecule has 22 heavy (non-hydrogen) atoms.